The van der Waals surface area contributed by atoms with Crippen LogP contribution in [-0.4, -0.2) is 28.4 Å². The van der Waals surface area contributed by atoms with E-state index >= 15 is 0 Å². The molecule has 1 saturated heterocycles. The largest absolute Gasteiger partial charge is 0.370 e. The molecule has 5 heteroatoms. The Labute approximate surface area is 129 Å². The summed E-state index contributed by atoms with van der Waals surface area (Å²) < 4.78 is 2.15. The lowest BCUT2D eigenvalue weighted by molar-refractivity contribution is 0.101. The normalized spacial score (nSPS) is 15.5. The first-order chi connectivity index (χ1) is 10.7. The molecule has 0 spiro atoms. The van der Waals surface area contributed by atoms with Crippen molar-refractivity contribution in [3.8, 4) is 6.07 Å². The number of carbonyl (C=O) groups is 1. The fraction of sp³-hybridized carbons (Fsp3) is 0.353. The van der Waals surface area contributed by atoms with Crippen molar-refractivity contribution >= 4 is 11.5 Å². The lowest BCUT2D eigenvalue weighted by atomic mass is 10.0. The van der Waals surface area contributed by atoms with E-state index in [-0.39, 0.29) is 5.78 Å². The van der Waals surface area contributed by atoms with Gasteiger partial charge in [-0.2, -0.15) is 5.26 Å². The lowest BCUT2D eigenvalue weighted by Crippen LogP contribution is -2.35. The first-order valence-corrected chi connectivity index (χ1v) is 7.46. The van der Waals surface area contributed by atoms with Crippen LogP contribution in [-0.2, 0) is 0 Å². The van der Waals surface area contributed by atoms with Crippen molar-refractivity contribution in [1.82, 2.24) is 9.55 Å². The highest BCUT2D eigenvalue weighted by Crippen LogP contribution is 2.29. The van der Waals surface area contributed by atoms with Gasteiger partial charge in [-0.15, -0.1) is 0 Å². The van der Waals surface area contributed by atoms with Crippen LogP contribution >= 0.6 is 0 Å². The van der Waals surface area contributed by atoms with Gasteiger partial charge < -0.3 is 9.47 Å². The average molecular weight is 294 g/mol. The average Bonchev–Trinajstić information content (AvgIpc) is 3.09. The molecular formula is C17H18N4O. The van der Waals surface area contributed by atoms with Gasteiger partial charge in [0.2, 0.25) is 0 Å². The highest BCUT2D eigenvalue weighted by molar-refractivity contribution is 5.95. The quantitative estimate of drug-likeness (QED) is 0.817. The Morgan fingerprint density at radius 1 is 1.36 bits per heavy atom. The van der Waals surface area contributed by atoms with E-state index in [1.54, 1.807) is 25.3 Å². The zero-order valence-electron chi connectivity index (χ0n) is 12.6. The number of imidazole rings is 1. The van der Waals surface area contributed by atoms with Gasteiger partial charge in [0.25, 0.3) is 0 Å². The molecular weight excluding hydrogens is 276 g/mol. The van der Waals surface area contributed by atoms with Gasteiger partial charge in [0.1, 0.15) is 6.07 Å². The van der Waals surface area contributed by atoms with Crippen LogP contribution in [0, 0.1) is 11.3 Å². The number of benzene rings is 1. The minimum atomic E-state index is 0.0269. The van der Waals surface area contributed by atoms with Gasteiger partial charge in [-0.3, -0.25) is 4.79 Å². The molecule has 0 unspecified atom stereocenters. The molecule has 3 rings (SSSR count). The molecule has 5 nitrogen and oxygen atoms in total. The van der Waals surface area contributed by atoms with E-state index < -0.39 is 0 Å². The molecule has 0 N–H and O–H groups in total. The summed E-state index contributed by atoms with van der Waals surface area (Å²) in [6.45, 7) is 3.30. The van der Waals surface area contributed by atoms with Crippen molar-refractivity contribution in [1.29, 1.82) is 5.26 Å². The van der Waals surface area contributed by atoms with Crippen LogP contribution < -0.4 is 4.90 Å². The SMILES string of the molecule is CC(=O)c1ccc(C#N)c(N2CCC(n3ccnc3)CC2)c1. The second-order valence-corrected chi connectivity index (χ2v) is 5.63. The van der Waals surface area contributed by atoms with E-state index in [0.717, 1.165) is 31.6 Å². The zero-order valence-corrected chi connectivity index (χ0v) is 12.6. The van der Waals surface area contributed by atoms with Gasteiger partial charge in [-0.05, 0) is 38.0 Å². The summed E-state index contributed by atoms with van der Waals surface area (Å²) in [6, 6.07) is 8.00. The molecule has 1 aromatic carbocycles. The van der Waals surface area contributed by atoms with Crippen LogP contribution in [0.2, 0.25) is 0 Å². The summed E-state index contributed by atoms with van der Waals surface area (Å²) in [5.74, 6) is 0.0269. The Bertz CT molecular complexity index is 707. The van der Waals surface area contributed by atoms with E-state index in [1.165, 1.54) is 0 Å². The van der Waals surface area contributed by atoms with Crippen LogP contribution in [0.25, 0.3) is 0 Å². The number of ketones is 1. The van der Waals surface area contributed by atoms with Crippen molar-refractivity contribution < 1.29 is 4.79 Å². The number of aromatic nitrogens is 2. The third-order valence-electron chi connectivity index (χ3n) is 4.28. The Balaban J connectivity index is 1.79. The monoisotopic (exact) mass is 294 g/mol. The zero-order chi connectivity index (χ0) is 15.5. The van der Waals surface area contributed by atoms with Crippen LogP contribution in [0.3, 0.4) is 0 Å². The van der Waals surface area contributed by atoms with Crippen molar-refractivity contribution in [2.45, 2.75) is 25.8 Å². The molecule has 0 amide bonds. The number of anilines is 1. The number of nitrogens with zero attached hydrogens (tertiary/aromatic N) is 4. The smallest absolute Gasteiger partial charge is 0.159 e. The third kappa shape index (κ3) is 2.73. The predicted octanol–water partition coefficient (Wildman–Crippen LogP) is 2.80. The van der Waals surface area contributed by atoms with Crippen LogP contribution in [0.5, 0.6) is 0 Å². The molecule has 0 bridgehead atoms. The summed E-state index contributed by atoms with van der Waals surface area (Å²) in [5.41, 5.74) is 2.16. The van der Waals surface area contributed by atoms with Crippen LogP contribution in [0.4, 0.5) is 5.69 Å². The number of nitriles is 1. The molecule has 1 aromatic heterocycles. The third-order valence-corrected chi connectivity index (χ3v) is 4.28. The van der Waals surface area contributed by atoms with Crippen molar-refractivity contribution in [2.75, 3.05) is 18.0 Å². The number of hydrogen-bond donors (Lipinski definition) is 0. The molecule has 1 fully saturated rings. The second kappa shape index (κ2) is 6.02. The Kier molecular flexibility index (Phi) is 3.92. The van der Waals surface area contributed by atoms with Gasteiger partial charge >= 0.3 is 0 Å². The van der Waals surface area contributed by atoms with E-state index in [2.05, 4.69) is 20.5 Å². The first kappa shape index (κ1) is 14.3. The number of hydrogen-bond acceptors (Lipinski definition) is 4. The molecule has 1 aliphatic rings. The van der Waals surface area contributed by atoms with Crippen LogP contribution in [0.1, 0.15) is 41.7 Å². The lowest BCUT2D eigenvalue weighted by Gasteiger charge is -2.34. The van der Waals surface area contributed by atoms with Crippen LogP contribution in [0.15, 0.2) is 36.9 Å². The topological polar surface area (TPSA) is 61.9 Å². The Hall–Kier alpha value is -2.61. The van der Waals surface area contributed by atoms with Gasteiger partial charge in [0.15, 0.2) is 5.78 Å². The summed E-state index contributed by atoms with van der Waals surface area (Å²) in [5, 5.41) is 9.31. The maximum Gasteiger partial charge on any atom is 0.159 e. The molecule has 2 heterocycles. The standard InChI is InChI=1S/C17H18N4O/c1-13(22)14-2-3-15(11-18)17(10-14)20-7-4-16(5-8-20)21-9-6-19-12-21/h2-3,6,9-10,12,16H,4-5,7-8H2,1H3. The minimum absolute atomic E-state index is 0.0269. The Morgan fingerprint density at radius 3 is 2.73 bits per heavy atom. The molecule has 0 atom stereocenters. The number of Topliss-reactive ketones (excluding diaryl/α,β-unsaturated/α-hetero) is 1. The fourth-order valence-electron chi connectivity index (χ4n) is 3.00. The second-order valence-electron chi connectivity index (χ2n) is 5.63. The molecule has 0 radical (unpaired) electrons. The van der Waals surface area contributed by atoms with Crippen molar-refractivity contribution in [3.05, 3.63) is 48.0 Å². The molecule has 1 aliphatic heterocycles. The first-order valence-electron chi connectivity index (χ1n) is 7.46. The number of rotatable bonds is 3. The van der Waals surface area contributed by atoms with Gasteiger partial charge in [0, 0.05) is 37.1 Å². The Morgan fingerprint density at radius 2 is 2.14 bits per heavy atom. The van der Waals surface area contributed by atoms with E-state index in [1.807, 2.05) is 18.6 Å². The summed E-state index contributed by atoms with van der Waals surface area (Å²) in [4.78, 5) is 17.9. The molecule has 0 aliphatic carbocycles. The van der Waals surface area contributed by atoms with E-state index in [0.29, 0.717) is 17.2 Å². The maximum atomic E-state index is 11.6. The van der Waals surface area contributed by atoms with Gasteiger partial charge in [-0.1, -0.05) is 0 Å². The number of carbonyl (C=O) groups excluding carboxylic acids is 1. The number of piperidine rings is 1. The minimum Gasteiger partial charge on any atom is -0.370 e. The molecule has 22 heavy (non-hydrogen) atoms. The summed E-state index contributed by atoms with van der Waals surface area (Å²) >= 11 is 0. The van der Waals surface area contributed by atoms with Crippen molar-refractivity contribution in [3.63, 3.8) is 0 Å². The fourth-order valence-corrected chi connectivity index (χ4v) is 3.00. The van der Waals surface area contributed by atoms with E-state index in [9.17, 15) is 10.1 Å². The van der Waals surface area contributed by atoms with Gasteiger partial charge in [0.05, 0.1) is 17.6 Å². The highest BCUT2D eigenvalue weighted by atomic mass is 16.1. The maximum absolute atomic E-state index is 11.6. The highest BCUT2D eigenvalue weighted by Gasteiger charge is 2.22. The molecule has 112 valence electrons. The predicted molar refractivity (Wildman–Crippen MR) is 83.9 cm³/mol. The summed E-state index contributed by atoms with van der Waals surface area (Å²) in [6.07, 6.45) is 7.67. The van der Waals surface area contributed by atoms with E-state index in [4.69, 9.17) is 0 Å². The van der Waals surface area contributed by atoms with Crippen molar-refractivity contribution in [2.24, 2.45) is 0 Å². The molecule has 2 aromatic rings. The molecule has 0 saturated carbocycles. The van der Waals surface area contributed by atoms with Gasteiger partial charge in [-0.25, -0.2) is 4.98 Å². The summed E-state index contributed by atoms with van der Waals surface area (Å²) in [7, 11) is 0.